The number of benzene rings is 3. The summed E-state index contributed by atoms with van der Waals surface area (Å²) in [6.07, 6.45) is 0.703. The molecule has 0 saturated heterocycles. The van der Waals surface area contributed by atoms with Gasteiger partial charge in [0.25, 0.3) is 0 Å². The standard InChI is InChI=1S/C28H27NO7/c1-31-21-12-11-19(26(34-4)27(21)35-5)25(36-28(30)17-9-7-6-8-10-17)24-20-16-23(33-3)22(32-2)15-18(20)13-14-29-24/h6-16,25H,1-5H3/t25-/m1/s1. The van der Waals surface area contributed by atoms with Gasteiger partial charge in [-0.3, -0.25) is 4.98 Å². The van der Waals surface area contributed by atoms with E-state index in [9.17, 15) is 4.79 Å². The second-order valence-corrected chi connectivity index (χ2v) is 7.70. The molecule has 8 heteroatoms. The number of carbonyl (C=O) groups excluding carboxylic acids is 1. The Hall–Kier alpha value is -4.46. The highest BCUT2D eigenvalue weighted by atomic mass is 16.6. The second-order valence-electron chi connectivity index (χ2n) is 7.70. The zero-order chi connectivity index (χ0) is 25.7. The summed E-state index contributed by atoms with van der Waals surface area (Å²) in [5, 5.41) is 1.55. The average molecular weight is 490 g/mol. The van der Waals surface area contributed by atoms with Crippen LogP contribution in [0.1, 0.15) is 27.7 Å². The van der Waals surface area contributed by atoms with Crippen molar-refractivity contribution in [3.05, 3.63) is 83.7 Å². The topological polar surface area (TPSA) is 85.3 Å². The quantitative estimate of drug-likeness (QED) is 0.296. The van der Waals surface area contributed by atoms with E-state index in [0.29, 0.717) is 45.6 Å². The Labute approximate surface area is 209 Å². The Balaban J connectivity index is 1.96. The largest absolute Gasteiger partial charge is 0.493 e. The van der Waals surface area contributed by atoms with E-state index in [1.54, 1.807) is 56.8 Å². The van der Waals surface area contributed by atoms with E-state index in [2.05, 4.69) is 4.98 Å². The fraction of sp³-hybridized carbons (Fsp3) is 0.214. The average Bonchev–Trinajstić information content (AvgIpc) is 2.94. The third kappa shape index (κ3) is 4.57. The molecule has 0 bridgehead atoms. The Kier molecular flexibility index (Phi) is 7.44. The van der Waals surface area contributed by atoms with E-state index in [-0.39, 0.29) is 0 Å². The van der Waals surface area contributed by atoms with Crippen molar-refractivity contribution in [1.29, 1.82) is 0 Å². The molecule has 8 nitrogen and oxygen atoms in total. The molecule has 0 aliphatic rings. The van der Waals surface area contributed by atoms with Gasteiger partial charge in [0.05, 0.1) is 46.8 Å². The first-order valence-corrected chi connectivity index (χ1v) is 11.1. The van der Waals surface area contributed by atoms with Crippen molar-refractivity contribution >= 4 is 16.7 Å². The third-order valence-electron chi connectivity index (χ3n) is 5.80. The van der Waals surface area contributed by atoms with Crippen molar-refractivity contribution in [1.82, 2.24) is 4.98 Å². The molecule has 0 saturated carbocycles. The molecule has 0 radical (unpaired) electrons. The molecule has 4 aromatic rings. The van der Waals surface area contributed by atoms with Crippen molar-refractivity contribution in [2.75, 3.05) is 35.5 Å². The van der Waals surface area contributed by atoms with Crippen LogP contribution in [0.25, 0.3) is 10.8 Å². The number of nitrogens with zero attached hydrogens (tertiary/aromatic N) is 1. The molecule has 0 unspecified atom stereocenters. The summed E-state index contributed by atoms with van der Waals surface area (Å²) in [5.41, 5.74) is 1.43. The minimum absolute atomic E-state index is 0.363. The monoisotopic (exact) mass is 489 g/mol. The number of esters is 1. The fourth-order valence-corrected chi connectivity index (χ4v) is 4.08. The molecule has 186 valence electrons. The van der Waals surface area contributed by atoms with Gasteiger partial charge >= 0.3 is 5.97 Å². The number of methoxy groups -OCH3 is 5. The summed E-state index contributed by atoms with van der Waals surface area (Å²) < 4.78 is 33.8. The third-order valence-corrected chi connectivity index (χ3v) is 5.80. The lowest BCUT2D eigenvalue weighted by Gasteiger charge is -2.23. The molecule has 1 aromatic heterocycles. The SMILES string of the molecule is COc1cc2ccnc([C@H](OC(=O)c3ccccc3)c3ccc(OC)c(OC)c3OC)c2cc1OC. The first kappa shape index (κ1) is 24.7. The van der Waals surface area contributed by atoms with Gasteiger partial charge in [0.2, 0.25) is 5.75 Å². The molecule has 0 aliphatic carbocycles. The number of fused-ring (bicyclic) bond motifs is 1. The van der Waals surface area contributed by atoms with E-state index < -0.39 is 12.1 Å². The Morgan fingerprint density at radius 3 is 2.03 bits per heavy atom. The molecule has 0 aliphatic heterocycles. The minimum atomic E-state index is -0.950. The molecule has 3 aromatic carbocycles. The molecule has 1 heterocycles. The van der Waals surface area contributed by atoms with Gasteiger partial charge in [0.15, 0.2) is 29.1 Å². The molecule has 0 amide bonds. The van der Waals surface area contributed by atoms with Crippen molar-refractivity contribution < 1.29 is 33.2 Å². The van der Waals surface area contributed by atoms with Crippen LogP contribution in [0.2, 0.25) is 0 Å². The lowest BCUT2D eigenvalue weighted by Crippen LogP contribution is -2.16. The Bertz CT molecular complexity index is 1370. The van der Waals surface area contributed by atoms with Gasteiger partial charge in [0, 0.05) is 17.1 Å². The van der Waals surface area contributed by atoms with Gasteiger partial charge in [-0.2, -0.15) is 0 Å². The van der Waals surface area contributed by atoms with Gasteiger partial charge in [-0.1, -0.05) is 18.2 Å². The summed E-state index contributed by atoms with van der Waals surface area (Å²) in [4.78, 5) is 17.9. The van der Waals surface area contributed by atoms with Crippen LogP contribution in [0.5, 0.6) is 28.7 Å². The predicted molar refractivity (Wildman–Crippen MR) is 135 cm³/mol. The van der Waals surface area contributed by atoms with Crippen LogP contribution >= 0.6 is 0 Å². The fourth-order valence-electron chi connectivity index (χ4n) is 4.08. The van der Waals surface area contributed by atoms with Crippen LogP contribution in [0, 0.1) is 0 Å². The molecule has 1 atom stereocenters. The number of aromatic nitrogens is 1. The van der Waals surface area contributed by atoms with E-state index in [1.807, 2.05) is 24.3 Å². The van der Waals surface area contributed by atoms with Crippen LogP contribution in [0.15, 0.2) is 66.9 Å². The van der Waals surface area contributed by atoms with Crippen molar-refractivity contribution in [2.45, 2.75) is 6.10 Å². The van der Waals surface area contributed by atoms with E-state index in [1.165, 1.54) is 21.3 Å². The van der Waals surface area contributed by atoms with Gasteiger partial charge in [0.1, 0.15) is 0 Å². The zero-order valence-electron chi connectivity index (χ0n) is 20.7. The summed E-state index contributed by atoms with van der Waals surface area (Å²) in [7, 11) is 7.70. The summed E-state index contributed by atoms with van der Waals surface area (Å²) >= 11 is 0. The molecular weight excluding hydrogens is 462 g/mol. The molecular formula is C28H27NO7. The first-order chi connectivity index (χ1) is 17.6. The van der Waals surface area contributed by atoms with Crippen LogP contribution < -0.4 is 23.7 Å². The number of pyridine rings is 1. The van der Waals surface area contributed by atoms with Crippen LogP contribution in [0.3, 0.4) is 0 Å². The van der Waals surface area contributed by atoms with Crippen molar-refractivity contribution in [3.8, 4) is 28.7 Å². The number of rotatable bonds is 9. The van der Waals surface area contributed by atoms with E-state index in [0.717, 1.165) is 10.8 Å². The van der Waals surface area contributed by atoms with Gasteiger partial charge in [-0.05, 0) is 47.9 Å². The Morgan fingerprint density at radius 2 is 1.39 bits per heavy atom. The highest BCUT2D eigenvalue weighted by molar-refractivity contribution is 5.91. The maximum atomic E-state index is 13.2. The minimum Gasteiger partial charge on any atom is -0.493 e. The lowest BCUT2D eigenvalue weighted by molar-refractivity contribution is 0.0369. The van der Waals surface area contributed by atoms with Crippen LogP contribution in [-0.2, 0) is 4.74 Å². The second kappa shape index (κ2) is 10.9. The number of hydrogen-bond donors (Lipinski definition) is 0. The normalized spacial score (nSPS) is 11.5. The smallest absolute Gasteiger partial charge is 0.339 e. The highest BCUT2D eigenvalue weighted by Crippen LogP contribution is 2.46. The van der Waals surface area contributed by atoms with Crippen molar-refractivity contribution in [2.24, 2.45) is 0 Å². The first-order valence-electron chi connectivity index (χ1n) is 11.1. The number of hydrogen-bond acceptors (Lipinski definition) is 8. The molecule has 0 N–H and O–H groups in total. The van der Waals surface area contributed by atoms with Crippen molar-refractivity contribution in [3.63, 3.8) is 0 Å². The summed E-state index contributed by atoms with van der Waals surface area (Å²) in [6, 6.07) is 17.8. The van der Waals surface area contributed by atoms with Crippen LogP contribution in [-0.4, -0.2) is 46.5 Å². The summed E-state index contributed by atoms with van der Waals surface area (Å²) in [5.74, 6) is 1.79. The number of ether oxygens (including phenoxy) is 6. The summed E-state index contributed by atoms with van der Waals surface area (Å²) in [6.45, 7) is 0. The van der Waals surface area contributed by atoms with Crippen LogP contribution in [0.4, 0.5) is 0 Å². The lowest BCUT2D eigenvalue weighted by atomic mass is 9.98. The molecule has 0 fully saturated rings. The maximum Gasteiger partial charge on any atom is 0.339 e. The zero-order valence-corrected chi connectivity index (χ0v) is 20.7. The van der Waals surface area contributed by atoms with E-state index in [4.69, 9.17) is 28.4 Å². The van der Waals surface area contributed by atoms with Gasteiger partial charge in [-0.15, -0.1) is 0 Å². The molecule has 4 rings (SSSR count). The Morgan fingerprint density at radius 1 is 0.722 bits per heavy atom. The molecule has 0 spiro atoms. The maximum absolute atomic E-state index is 13.2. The molecule has 36 heavy (non-hydrogen) atoms. The van der Waals surface area contributed by atoms with Gasteiger partial charge in [-0.25, -0.2) is 4.79 Å². The van der Waals surface area contributed by atoms with E-state index >= 15 is 0 Å². The number of carbonyl (C=O) groups is 1. The highest BCUT2D eigenvalue weighted by Gasteiger charge is 2.30. The van der Waals surface area contributed by atoms with Gasteiger partial charge < -0.3 is 28.4 Å². The predicted octanol–water partition coefficient (Wildman–Crippen LogP) is 5.22.